The Kier molecular flexibility index (Phi) is 4.28. The Morgan fingerprint density at radius 3 is 2.88 bits per heavy atom. The Bertz CT molecular complexity index is 484. The molecule has 0 aliphatic heterocycles. The van der Waals surface area contributed by atoms with Crippen molar-refractivity contribution in [1.29, 1.82) is 0 Å². The number of hydrogen-bond acceptors (Lipinski definition) is 4. The van der Waals surface area contributed by atoms with Crippen LogP contribution >= 0.6 is 15.9 Å². The summed E-state index contributed by atoms with van der Waals surface area (Å²) in [4.78, 5) is 0. The van der Waals surface area contributed by atoms with E-state index in [9.17, 15) is 0 Å². The van der Waals surface area contributed by atoms with E-state index >= 15 is 0 Å². The van der Waals surface area contributed by atoms with E-state index in [-0.39, 0.29) is 0 Å². The summed E-state index contributed by atoms with van der Waals surface area (Å²) in [6.07, 6.45) is 0.665. The van der Waals surface area contributed by atoms with Crippen molar-refractivity contribution >= 4 is 15.9 Å². The molecule has 0 atom stereocenters. The summed E-state index contributed by atoms with van der Waals surface area (Å²) in [5.74, 6) is 1.29. The molecular weight excluding hydrogens is 282 g/mol. The van der Waals surface area contributed by atoms with Crippen molar-refractivity contribution in [3.63, 3.8) is 0 Å². The second-order valence-corrected chi connectivity index (χ2v) is 4.59. The molecule has 0 radical (unpaired) electrons. The molecule has 0 amide bonds. The maximum atomic E-state index is 5.53. The lowest BCUT2D eigenvalue weighted by Gasteiger charge is -1.97. The first-order chi connectivity index (χ1) is 8.28. The first-order valence-electron chi connectivity index (χ1n) is 5.54. The van der Waals surface area contributed by atoms with Gasteiger partial charge in [-0.05, 0) is 24.2 Å². The van der Waals surface area contributed by atoms with Crippen LogP contribution in [0.4, 0.5) is 0 Å². The van der Waals surface area contributed by atoms with Gasteiger partial charge in [0.15, 0.2) is 0 Å². The lowest BCUT2D eigenvalue weighted by Crippen LogP contribution is -2.11. The van der Waals surface area contributed by atoms with E-state index in [0.29, 0.717) is 24.7 Å². The van der Waals surface area contributed by atoms with Gasteiger partial charge in [-0.25, -0.2) is 0 Å². The summed E-state index contributed by atoms with van der Waals surface area (Å²) < 4.78 is 6.59. The fraction of sp³-hybridized carbons (Fsp3) is 0.333. The molecule has 5 heteroatoms. The zero-order valence-corrected chi connectivity index (χ0v) is 11.2. The van der Waals surface area contributed by atoms with E-state index in [1.165, 1.54) is 0 Å². The minimum atomic E-state index is 0.627. The number of halogens is 1. The van der Waals surface area contributed by atoms with Crippen molar-refractivity contribution in [2.45, 2.75) is 19.9 Å². The smallest absolute Gasteiger partial charge is 0.230 e. The van der Waals surface area contributed by atoms with Crippen LogP contribution in [0.3, 0.4) is 0 Å². The van der Waals surface area contributed by atoms with E-state index in [2.05, 4.69) is 31.4 Å². The number of nitrogens with one attached hydrogen (secondary N) is 1. The first kappa shape index (κ1) is 12.3. The normalized spacial score (nSPS) is 10.7. The van der Waals surface area contributed by atoms with Crippen molar-refractivity contribution in [3.05, 3.63) is 46.1 Å². The summed E-state index contributed by atoms with van der Waals surface area (Å²) in [6, 6.07) is 8.08. The second-order valence-electron chi connectivity index (χ2n) is 3.68. The van der Waals surface area contributed by atoms with Crippen molar-refractivity contribution in [3.8, 4) is 0 Å². The Labute approximate surface area is 109 Å². The van der Waals surface area contributed by atoms with Gasteiger partial charge in [0, 0.05) is 4.47 Å². The Hall–Kier alpha value is -1.20. The molecule has 0 aliphatic carbocycles. The molecule has 17 heavy (non-hydrogen) atoms. The van der Waals surface area contributed by atoms with Crippen LogP contribution in [0.1, 0.15) is 24.3 Å². The summed E-state index contributed by atoms with van der Waals surface area (Å²) in [5, 5.41) is 11.2. The van der Waals surface area contributed by atoms with Gasteiger partial charge in [0.2, 0.25) is 11.8 Å². The van der Waals surface area contributed by atoms with Crippen LogP contribution in [0.2, 0.25) is 0 Å². The van der Waals surface area contributed by atoms with Crippen LogP contribution in [0.5, 0.6) is 0 Å². The van der Waals surface area contributed by atoms with Crippen LogP contribution in [-0.4, -0.2) is 16.7 Å². The highest BCUT2D eigenvalue weighted by Crippen LogP contribution is 2.14. The SMILES string of the molecule is CCNCc1nnc(Cc2cccc(Br)c2)o1. The molecule has 2 aromatic rings. The van der Waals surface area contributed by atoms with Crippen LogP contribution in [0.15, 0.2) is 33.2 Å². The summed E-state index contributed by atoms with van der Waals surface area (Å²) in [5.41, 5.74) is 1.15. The number of hydrogen-bond donors (Lipinski definition) is 1. The third kappa shape index (κ3) is 3.64. The van der Waals surface area contributed by atoms with Gasteiger partial charge < -0.3 is 9.73 Å². The zero-order chi connectivity index (χ0) is 12.1. The monoisotopic (exact) mass is 295 g/mol. The summed E-state index contributed by atoms with van der Waals surface area (Å²) in [6.45, 7) is 3.56. The molecule has 0 saturated heterocycles. The first-order valence-corrected chi connectivity index (χ1v) is 6.33. The highest BCUT2D eigenvalue weighted by atomic mass is 79.9. The molecule has 0 unspecified atom stereocenters. The molecular formula is C12H14BrN3O. The van der Waals surface area contributed by atoms with Gasteiger partial charge >= 0.3 is 0 Å². The van der Waals surface area contributed by atoms with Gasteiger partial charge in [0.05, 0.1) is 13.0 Å². The summed E-state index contributed by atoms with van der Waals surface area (Å²) in [7, 11) is 0. The quantitative estimate of drug-likeness (QED) is 0.921. The van der Waals surface area contributed by atoms with Gasteiger partial charge in [-0.1, -0.05) is 35.0 Å². The Morgan fingerprint density at radius 1 is 1.29 bits per heavy atom. The number of rotatable bonds is 5. The predicted octanol–water partition coefficient (Wildman–Crippen LogP) is 2.53. The van der Waals surface area contributed by atoms with Crippen molar-refractivity contribution in [2.24, 2.45) is 0 Å². The van der Waals surface area contributed by atoms with E-state index in [1.807, 2.05) is 31.2 Å². The molecule has 0 aliphatic rings. The van der Waals surface area contributed by atoms with E-state index in [0.717, 1.165) is 16.6 Å². The molecule has 0 bridgehead atoms. The standard InChI is InChI=1S/C12H14BrN3O/c1-2-14-8-12-16-15-11(17-12)7-9-4-3-5-10(13)6-9/h3-6,14H,2,7-8H2,1H3. The van der Waals surface area contributed by atoms with Crippen molar-refractivity contribution in [1.82, 2.24) is 15.5 Å². The van der Waals surface area contributed by atoms with Crippen molar-refractivity contribution in [2.75, 3.05) is 6.54 Å². The minimum absolute atomic E-state index is 0.627. The number of benzene rings is 1. The third-order valence-electron chi connectivity index (χ3n) is 2.28. The van der Waals surface area contributed by atoms with Crippen LogP contribution in [-0.2, 0) is 13.0 Å². The molecule has 2 rings (SSSR count). The van der Waals surface area contributed by atoms with Gasteiger partial charge in [-0.15, -0.1) is 10.2 Å². The van der Waals surface area contributed by atoms with E-state index < -0.39 is 0 Å². The molecule has 1 aromatic carbocycles. The minimum Gasteiger partial charge on any atom is -0.424 e. The molecule has 0 spiro atoms. The van der Waals surface area contributed by atoms with Gasteiger partial charge in [-0.2, -0.15) is 0 Å². The van der Waals surface area contributed by atoms with Gasteiger partial charge in [0.1, 0.15) is 0 Å². The molecule has 1 N–H and O–H groups in total. The van der Waals surface area contributed by atoms with Gasteiger partial charge in [0.25, 0.3) is 0 Å². The highest BCUT2D eigenvalue weighted by Gasteiger charge is 2.06. The predicted molar refractivity (Wildman–Crippen MR) is 68.6 cm³/mol. The molecule has 1 heterocycles. The Balaban J connectivity index is 2.01. The highest BCUT2D eigenvalue weighted by molar-refractivity contribution is 9.10. The van der Waals surface area contributed by atoms with Gasteiger partial charge in [-0.3, -0.25) is 0 Å². The maximum Gasteiger partial charge on any atom is 0.230 e. The fourth-order valence-electron chi connectivity index (χ4n) is 1.48. The van der Waals surface area contributed by atoms with Crippen molar-refractivity contribution < 1.29 is 4.42 Å². The molecule has 1 aromatic heterocycles. The van der Waals surface area contributed by atoms with E-state index in [4.69, 9.17) is 4.42 Å². The number of aromatic nitrogens is 2. The zero-order valence-electron chi connectivity index (χ0n) is 9.61. The average Bonchev–Trinajstić information content (AvgIpc) is 2.74. The molecule has 4 nitrogen and oxygen atoms in total. The molecule has 90 valence electrons. The van der Waals surface area contributed by atoms with Crippen LogP contribution in [0.25, 0.3) is 0 Å². The van der Waals surface area contributed by atoms with E-state index in [1.54, 1.807) is 0 Å². The lowest BCUT2D eigenvalue weighted by atomic mass is 10.1. The number of nitrogens with zero attached hydrogens (tertiary/aromatic N) is 2. The third-order valence-corrected chi connectivity index (χ3v) is 2.77. The lowest BCUT2D eigenvalue weighted by molar-refractivity contribution is 0.441. The Morgan fingerprint density at radius 2 is 2.12 bits per heavy atom. The molecule has 0 fully saturated rings. The fourth-order valence-corrected chi connectivity index (χ4v) is 1.93. The second kappa shape index (κ2) is 5.93. The maximum absolute atomic E-state index is 5.53. The largest absolute Gasteiger partial charge is 0.424 e. The molecule has 0 saturated carbocycles. The summed E-state index contributed by atoms with van der Waals surface area (Å²) >= 11 is 3.44. The topological polar surface area (TPSA) is 51.0 Å². The van der Waals surface area contributed by atoms with Crippen LogP contribution < -0.4 is 5.32 Å². The average molecular weight is 296 g/mol. The van der Waals surface area contributed by atoms with Crippen LogP contribution in [0, 0.1) is 0 Å².